The maximum absolute atomic E-state index is 14.2. The van der Waals surface area contributed by atoms with Crippen molar-refractivity contribution in [1.29, 1.82) is 0 Å². The van der Waals surface area contributed by atoms with Crippen LogP contribution in [0.3, 0.4) is 0 Å². The molecule has 252 valence electrons. The fourth-order valence-electron chi connectivity index (χ4n) is 6.50. The Labute approximate surface area is 286 Å². The van der Waals surface area contributed by atoms with Crippen LogP contribution < -0.4 is 26.6 Å². The van der Waals surface area contributed by atoms with Crippen LogP contribution in [0.15, 0.2) is 108 Å². The predicted molar refractivity (Wildman–Crippen MR) is 193 cm³/mol. The number of amides is 4. The Morgan fingerprint density at radius 2 is 1.67 bits per heavy atom. The molecule has 0 radical (unpaired) electrons. The van der Waals surface area contributed by atoms with Crippen molar-refractivity contribution in [3.63, 3.8) is 0 Å². The van der Waals surface area contributed by atoms with Crippen molar-refractivity contribution in [1.82, 2.24) is 16.0 Å². The molecular formula is C40H43N5O4. The monoisotopic (exact) mass is 657 g/mol. The number of benzene rings is 4. The number of fused-ring (bicyclic) bond motifs is 2. The summed E-state index contributed by atoms with van der Waals surface area (Å²) in [5.41, 5.74) is 12.6. The van der Waals surface area contributed by atoms with Gasteiger partial charge in [-0.2, -0.15) is 0 Å². The molecule has 1 unspecified atom stereocenters. The normalized spacial score (nSPS) is 15.3. The van der Waals surface area contributed by atoms with Crippen LogP contribution in [0.1, 0.15) is 42.7 Å². The second kappa shape index (κ2) is 14.4. The fraction of sp³-hybridized carbons (Fsp3) is 0.275. The molecule has 0 bridgehead atoms. The number of furan rings is 1. The molecule has 9 heteroatoms. The summed E-state index contributed by atoms with van der Waals surface area (Å²) < 4.78 is 6.02. The maximum atomic E-state index is 14.2. The zero-order chi connectivity index (χ0) is 34.5. The van der Waals surface area contributed by atoms with Crippen LogP contribution in [0.5, 0.6) is 0 Å². The minimum atomic E-state index is -0.866. The molecule has 1 aromatic heterocycles. The van der Waals surface area contributed by atoms with Crippen LogP contribution in [0, 0.1) is 5.41 Å². The van der Waals surface area contributed by atoms with Gasteiger partial charge in [0.1, 0.15) is 17.4 Å². The van der Waals surface area contributed by atoms with E-state index in [2.05, 4.69) is 16.0 Å². The molecule has 6 rings (SSSR count). The summed E-state index contributed by atoms with van der Waals surface area (Å²) in [6, 6.07) is 31.9. The van der Waals surface area contributed by atoms with Crippen molar-refractivity contribution < 1.29 is 18.8 Å². The lowest BCUT2D eigenvalue weighted by Crippen LogP contribution is -2.56. The van der Waals surface area contributed by atoms with E-state index in [0.29, 0.717) is 32.4 Å². The maximum Gasteiger partial charge on any atom is 0.314 e. The van der Waals surface area contributed by atoms with Gasteiger partial charge in [-0.15, -0.1) is 0 Å². The molecule has 0 saturated heterocycles. The summed E-state index contributed by atoms with van der Waals surface area (Å²) in [6.07, 6.45) is 1.58. The quantitative estimate of drug-likeness (QED) is 0.145. The average Bonchev–Trinajstić information content (AvgIpc) is 3.47. The topological polar surface area (TPSA) is 130 Å². The minimum Gasteiger partial charge on any atom is -0.461 e. The number of nitrogens with zero attached hydrogens (tertiary/aromatic N) is 1. The number of aryl methyl sites for hydroxylation is 1. The van der Waals surface area contributed by atoms with Gasteiger partial charge in [0.05, 0.1) is 12.6 Å². The van der Waals surface area contributed by atoms with Gasteiger partial charge in [0.25, 0.3) is 0 Å². The predicted octanol–water partition coefficient (Wildman–Crippen LogP) is 6.09. The van der Waals surface area contributed by atoms with E-state index in [1.807, 2.05) is 117 Å². The van der Waals surface area contributed by atoms with Crippen LogP contribution >= 0.6 is 0 Å². The van der Waals surface area contributed by atoms with E-state index in [0.717, 1.165) is 50.2 Å². The van der Waals surface area contributed by atoms with E-state index >= 15 is 0 Å². The molecule has 0 saturated carbocycles. The molecule has 0 fully saturated rings. The van der Waals surface area contributed by atoms with Crippen molar-refractivity contribution in [3.05, 3.63) is 126 Å². The zero-order valence-electron chi connectivity index (χ0n) is 28.2. The lowest BCUT2D eigenvalue weighted by molar-refractivity contribution is -0.130. The number of carbonyl (C=O) groups excluding carboxylic acids is 3. The average molecular weight is 658 g/mol. The third-order valence-corrected chi connectivity index (χ3v) is 9.39. The summed E-state index contributed by atoms with van der Waals surface area (Å²) in [5.74, 6) is 0.228. The summed E-state index contributed by atoms with van der Waals surface area (Å²) in [4.78, 5) is 41.4. The Balaban J connectivity index is 1.18. The summed E-state index contributed by atoms with van der Waals surface area (Å²) in [7, 11) is 1.59. The van der Waals surface area contributed by atoms with Gasteiger partial charge in [0.2, 0.25) is 11.8 Å². The first-order valence-corrected chi connectivity index (χ1v) is 16.7. The van der Waals surface area contributed by atoms with Gasteiger partial charge in [-0.3, -0.25) is 9.59 Å². The van der Waals surface area contributed by atoms with Gasteiger partial charge >= 0.3 is 6.03 Å². The molecule has 9 nitrogen and oxygen atoms in total. The second-order valence-corrected chi connectivity index (χ2v) is 13.3. The lowest BCUT2D eigenvalue weighted by atomic mass is 9.80. The number of rotatable bonds is 10. The Hall–Kier alpha value is -5.41. The van der Waals surface area contributed by atoms with Gasteiger partial charge in [-0.25, -0.2) is 4.79 Å². The van der Waals surface area contributed by atoms with Crippen LogP contribution in [0.2, 0.25) is 0 Å². The van der Waals surface area contributed by atoms with Crippen molar-refractivity contribution in [2.24, 2.45) is 11.1 Å². The number of anilines is 1. The van der Waals surface area contributed by atoms with Gasteiger partial charge in [0.15, 0.2) is 0 Å². The standard InChI is InChI=1S/C40H43N5O4/c1-40(2,23-31-22-29-11-6-9-15-35(29)49-31)36(41)37(46)44-33-21-20-28-10-5-8-14-34(28)45(38(33)47)25-26-16-18-27(19-17-26)32-13-7-4-12-30(32)24-43-39(48)42-3/h4-19,22,33,36H,20-21,23-25,41H2,1-3H3,(H,44,46)(H2,42,43,48)/t33-,36?/m1/s1. The van der Waals surface area contributed by atoms with Crippen LogP contribution in [0.4, 0.5) is 10.5 Å². The van der Waals surface area contributed by atoms with Crippen molar-refractivity contribution in [2.75, 3.05) is 11.9 Å². The number of carbonyl (C=O) groups is 3. The SMILES string of the molecule is CNC(=O)NCc1ccccc1-c1ccc(CN2C(=O)[C@H](NC(=O)C(N)C(C)(C)Cc3cc4ccccc4o3)CCc3ccccc32)cc1. The smallest absolute Gasteiger partial charge is 0.314 e. The first-order valence-electron chi connectivity index (χ1n) is 16.7. The summed E-state index contributed by atoms with van der Waals surface area (Å²) in [5, 5.41) is 9.46. The van der Waals surface area contributed by atoms with E-state index in [1.165, 1.54) is 0 Å². The van der Waals surface area contributed by atoms with Gasteiger partial charge in [-0.1, -0.05) is 98.8 Å². The van der Waals surface area contributed by atoms with E-state index in [4.69, 9.17) is 10.2 Å². The Bertz CT molecular complexity index is 1930. The van der Waals surface area contributed by atoms with Gasteiger partial charge in [-0.05, 0) is 64.3 Å². The number of nitrogens with two attached hydrogens (primary N) is 1. The minimum absolute atomic E-state index is 0.171. The molecule has 0 aliphatic carbocycles. The number of para-hydroxylation sites is 2. The van der Waals surface area contributed by atoms with Crippen molar-refractivity contribution in [2.45, 2.75) is 58.3 Å². The molecule has 5 N–H and O–H groups in total. The largest absolute Gasteiger partial charge is 0.461 e. The molecule has 4 amide bonds. The highest BCUT2D eigenvalue weighted by Gasteiger charge is 2.37. The highest BCUT2D eigenvalue weighted by atomic mass is 16.3. The van der Waals surface area contributed by atoms with Gasteiger partial charge in [0, 0.05) is 31.1 Å². The van der Waals surface area contributed by atoms with Crippen LogP contribution in [0.25, 0.3) is 22.1 Å². The number of nitrogens with one attached hydrogen (secondary N) is 3. The zero-order valence-corrected chi connectivity index (χ0v) is 28.2. The molecule has 2 heterocycles. The van der Waals surface area contributed by atoms with E-state index in [9.17, 15) is 14.4 Å². The Morgan fingerprint density at radius 1 is 0.959 bits per heavy atom. The molecule has 49 heavy (non-hydrogen) atoms. The Morgan fingerprint density at radius 3 is 2.45 bits per heavy atom. The van der Waals surface area contributed by atoms with Crippen LogP contribution in [-0.2, 0) is 35.5 Å². The van der Waals surface area contributed by atoms with E-state index in [1.54, 1.807) is 11.9 Å². The molecule has 2 atom stereocenters. The van der Waals surface area contributed by atoms with Gasteiger partial charge < -0.3 is 31.0 Å². The van der Waals surface area contributed by atoms with E-state index < -0.39 is 17.5 Å². The molecule has 1 aliphatic rings. The highest BCUT2D eigenvalue weighted by Crippen LogP contribution is 2.32. The number of hydrogen-bond donors (Lipinski definition) is 4. The van der Waals surface area contributed by atoms with Crippen molar-refractivity contribution in [3.8, 4) is 11.1 Å². The molecule has 4 aromatic carbocycles. The Kier molecular flexibility index (Phi) is 9.82. The second-order valence-electron chi connectivity index (χ2n) is 13.3. The molecular weight excluding hydrogens is 614 g/mol. The molecule has 1 aliphatic heterocycles. The third-order valence-electron chi connectivity index (χ3n) is 9.39. The summed E-state index contributed by atoms with van der Waals surface area (Å²) in [6.45, 7) is 4.63. The third kappa shape index (κ3) is 7.52. The first kappa shape index (κ1) is 33.5. The number of hydrogen-bond acceptors (Lipinski definition) is 5. The summed E-state index contributed by atoms with van der Waals surface area (Å²) >= 11 is 0. The lowest BCUT2D eigenvalue weighted by Gasteiger charge is -2.32. The van der Waals surface area contributed by atoms with Crippen molar-refractivity contribution >= 4 is 34.5 Å². The van der Waals surface area contributed by atoms with Crippen LogP contribution in [-0.4, -0.2) is 37.0 Å². The van der Waals surface area contributed by atoms with E-state index in [-0.39, 0.29) is 17.8 Å². The fourth-order valence-corrected chi connectivity index (χ4v) is 6.50. The molecule has 5 aromatic rings. The molecule has 0 spiro atoms. The number of urea groups is 1. The highest BCUT2D eigenvalue weighted by molar-refractivity contribution is 6.01. The first-order chi connectivity index (χ1) is 23.6.